The van der Waals surface area contributed by atoms with Crippen molar-refractivity contribution in [2.75, 3.05) is 4.90 Å². The zero-order valence-electron chi connectivity index (χ0n) is 41.8. The summed E-state index contributed by atoms with van der Waals surface area (Å²) in [7, 11) is -2.64. The van der Waals surface area contributed by atoms with Gasteiger partial charge >= 0.3 is 0 Å². The quantitative estimate of drug-likeness (QED) is 0.0983. The number of nitrogens with zero attached hydrogens (tertiary/aromatic N) is 3. The van der Waals surface area contributed by atoms with Crippen LogP contribution in [0.25, 0.3) is 77.2 Å². The third kappa shape index (κ3) is 6.88. The van der Waals surface area contributed by atoms with Gasteiger partial charge in [0.25, 0.3) is 0 Å². The highest BCUT2D eigenvalue weighted by Gasteiger charge is 2.41. The molecule has 0 N–H and O–H groups in total. The van der Waals surface area contributed by atoms with Gasteiger partial charge in [0.15, 0.2) is 8.07 Å². The standard InChI is InChI=1S/C72H51N3Si/c1-4-18-58(19-5-1)76(59-20-6-2-7-21-59,60-22-8-3-9-23-60)61-46-36-51(37-47-61)50-32-38-54(39-33-50)73(56-42-44-57(45-43-56)74-68-28-14-10-24-62(68)63-25-11-15-29-69(63)74)55-40-34-52(35-41-55)53-48-66-64-26-12-16-30-70(64)75-71-31-17-13-27-65(71)67(49-53)72(66)75/h1-26,28-49,65H,27H2. The summed E-state index contributed by atoms with van der Waals surface area (Å²) in [5.74, 6) is 0.362. The lowest BCUT2D eigenvalue weighted by Crippen LogP contribution is -2.74. The van der Waals surface area contributed by atoms with E-state index in [-0.39, 0.29) is 0 Å². The first-order chi connectivity index (χ1) is 37.7. The Hall–Kier alpha value is -9.48. The predicted octanol–water partition coefficient (Wildman–Crippen LogP) is 16.0. The molecule has 0 saturated heterocycles. The third-order valence-corrected chi connectivity index (χ3v) is 21.2. The highest BCUT2D eigenvalue weighted by molar-refractivity contribution is 7.19. The van der Waals surface area contributed by atoms with Crippen molar-refractivity contribution in [3.05, 3.63) is 297 Å². The van der Waals surface area contributed by atoms with Crippen LogP contribution in [-0.2, 0) is 0 Å². The van der Waals surface area contributed by atoms with Crippen LogP contribution in [0.5, 0.6) is 0 Å². The van der Waals surface area contributed by atoms with E-state index in [0.29, 0.717) is 5.92 Å². The van der Waals surface area contributed by atoms with Crippen molar-refractivity contribution in [3.63, 3.8) is 0 Å². The summed E-state index contributed by atoms with van der Waals surface area (Å²) in [6, 6.07) is 102. The second-order valence-electron chi connectivity index (χ2n) is 20.4. The smallest absolute Gasteiger partial charge is 0.179 e. The molecule has 76 heavy (non-hydrogen) atoms. The zero-order valence-corrected chi connectivity index (χ0v) is 42.8. The highest BCUT2D eigenvalue weighted by Crippen LogP contribution is 2.51. The Balaban J connectivity index is 0.819. The molecule has 358 valence electrons. The fourth-order valence-electron chi connectivity index (χ4n) is 12.9. The third-order valence-electron chi connectivity index (χ3n) is 16.4. The molecule has 1 atom stereocenters. The number of para-hydroxylation sites is 3. The molecule has 0 saturated carbocycles. The van der Waals surface area contributed by atoms with E-state index in [1.54, 1.807) is 0 Å². The Labute approximate surface area is 443 Å². The molecule has 3 heterocycles. The Morgan fingerprint density at radius 3 is 1.28 bits per heavy atom. The Morgan fingerprint density at radius 2 is 0.763 bits per heavy atom. The average molecular weight is 986 g/mol. The summed E-state index contributed by atoms with van der Waals surface area (Å²) in [5, 5.41) is 10.6. The number of hydrogen-bond acceptors (Lipinski definition) is 1. The van der Waals surface area contributed by atoms with E-state index in [0.717, 1.165) is 29.2 Å². The van der Waals surface area contributed by atoms with Gasteiger partial charge in [-0.05, 0) is 140 Å². The van der Waals surface area contributed by atoms with Crippen molar-refractivity contribution in [2.24, 2.45) is 0 Å². The summed E-state index contributed by atoms with van der Waals surface area (Å²) >= 11 is 0. The Kier molecular flexibility index (Phi) is 10.4. The van der Waals surface area contributed by atoms with Crippen molar-refractivity contribution < 1.29 is 0 Å². The largest absolute Gasteiger partial charge is 0.312 e. The molecular weight excluding hydrogens is 935 g/mol. The summed E-state index contributed by atoms with van der Waals surface area (Å²) < 4.78 is 4.91. The number of fused-ring (bicyclic) bond motifs is 9. The summed E-state index contributed by atoms with van der Waals surface area (Å²) in [4.78, 5) is 2.40. The molecule has 0 radical (unpaired) electrons. The second-order valence-corrected chi connectivity index (χ2v) is 24.2. The van der Waals surface area contributed by atoms with E-state index < -0.39 is 8.07 Å². The monoisotopic (exact) mass is 985 g/mol. The minimum absolute atomic E-state index is 0.362. The normalized spacial score (nSPS) is 13.9. The summed E-state index contributed by atoms with van der Waals surface area (Å²) in [5.41, 5.74) is 17.1. The number of allylic oxidation sites excluding steroid dienone is 4. The molecule has 2 aliphatic rings. The van der Waals surface area contributed by atoms with Gasteiger partial charge in [0.2, 0.25) is 0 Å². The van der Waals surface area contributed by atoms with Gasteiger partial charge in [-0.3, -0.25) is 0 Å². The number of anilines is 3. The van der Waals surface area contributed by atoms with Crippen LogP contribution in [0.15, 0.2) is 291 Å². The topological polar surface area (TPSA) is 13.1 Å². The Morgan fingerprint density at radius 1 is 0.355 bits per heavy atom. The molecule has 13 aromatic rings. The molecule has 11 aromatic carbocycles. The van der Waals surface area contributed by atoms with Crippen LogP contribution in [0.4, 0.5) is 17.1 Å². The van der Waals surface area contributed by atoms with Crippen molar-refractivity contribution >= 4 is 95.2 Å². The molecule has 3 nitrogen and oxygen atoms in total. The van der Waals surface area contributed by atoms with Crippen LogP contribution in [0.2, 0.25) is 0 Å². The van der Waals surface area contributed by atoms with E-state index in [9.17, 15) is 0 Å². The van der Waals surface area contributed by atoms with Crippen LogP contribution >= 0.6 is 0 Å². The first-order valence-corrected chi connectivity index (χ1v) is 28.5. The van der Waals surface area contributed by atoms with Crippen LogP contribution in [0.3, 0.4) is 0 Å². The first-order valence-electron chi connectivity index (χ1n) is 26.5. The van der Waals surface area contributed by atoms with Crippen molar-refractivity contribution in [3.8, 4) is 27.9 Å². The second kappa shape index (κ2) is 17.9. The SMILES string of the molecule is C1=CCC2C(=C1)n1c3ccccc3c3cc(-c4ccc(N(c5ccc(-c6ccc([Si](c7ccccc7)(c7ccccc7)c7ccccc7)cc6)cc5)c5ccc(-n6c7ccccc7c7ccccc76)cc5)cc4)cc2c31. The fraction of sp³-hybridized carbons (Fsp3) is 0.0278. The van der Waals surface area contributed by atoms with E-state index in [4.69, 9.17) is 0 Å². The lowest BCUT2D eigenvalue weighted by Gasteiger charge is -2.34. The van der Waals surface area contributed by atoms with Crippen molar-refractivity contribution in [1.29, 1.82) is 0 Å². The molecule has 2 aromatic heterocycles. The maximum absolute atomic E-state index is 2.64. The molecule has 15 rings (SSSR count). The van der Waals surface area contributed by atoms with Gasteiger partial charge in [-0.25, -0.2) is 0 Å². The van der Waals surface area contributed by atoms with Crippen molar-refractivity contribution in [2.45, 2.75) is 12.3 Å². The van der Waals surface area contributed by atoms with Gasteiger partial charge in [-0.2, -0.15) is 0 Å². The maximum Gasteiger partial charge on any atom is 0.179 e. The van der Waals surface area contributed by atoms with Gasteiger partial charge in [-0.15, -0.1) is 0 Å². The average Bonchev–Trinajstić information content (AvgIpc) is 4.15. The maximum atomic E-state index is 2.52. The van der Waals surface area contributed by atoms with Crippen LogP contribution < -0.4 is 25.6 Å². The lowest BCUT2D eigenvalue weighted by atomic mass is 9.88. The molecule has 0 amide bonds. The number of hydrogen-bond donors (Lipinski definition) is 0. The van der Waals surface area contributed by atoms with Gasteiger partial charge in [0.1, 0.15) is 0 Å². The minimum Gasteiger partial charge on any atom is -0.312 e. The lowest BCUT2D eigenvalue weighted by molar-refractivity contribution is 0.873. The Bertz CT molecular complexity index is 4230. The van der Waals surface area contributed by atoms with E-state index >= 15 is 0 Å². The van der Waals surface area contributed by atoms with Gasteiger partial charge < -0.3 is 14.0 Å². The number of aromatic nitrogens is 2. The molecule has 1 aliphatic heterocycles. The van der Waals surface area contributed by atoms with Crippen LogP contribution in [-0.4, -0.2) is 17.2 Å². The molecular formula is C72H51N3Si. The van der Waals surface area contributed by atoms with E-state index in [1.165, 1.54) is 97.9 Å². The highest BCUT2D eigenvalue weighted by atomic mass is 28.3. The fourth-order valence-corrected chi connectivity index (χ4v) is 17.7. The number of benzene rings is 11. The molecule has 1 unspecified atom stereocenters. The van der Waals surface area contributed by atoms with Crippen molar-refractivity contribution in [1.82, 2.24) is 9.13 Å². The van der Waals surface area contributed by atoms with Crippen LogP contribution in [0, 0.1) is 0 Å². The van der Waals surface area contributed by atoms with E-state index in [1.807, 2.05) is 0 Å². The first kappa shape index (κ1) is 44.0. The predicted molar refractivity (Wildman–Crippen MR) is 324 cm³/mol. The minimum atomic E-state index is -2.64. The summed E-state index contributed by atoms with van der Waals surface area (Å²) in [6.45, 7) is 0. The molecule has 4 heteroatoms. The molecule has 0 fully saturated rings. The van der Waals surface area contributed by atoms with Crippen LogP contribution in [0.1, 0.15) is 17.9 Å². The van der Waals surface area contributed by atoms with Gasteiger partial charge in [-0.1, -0.05) is 206 Å². The molecule has 1 aliphatic carbocycles. The molecule has 0 bridgehead atoms. The van der Waals surface area contributed by atoms with E-state index in [2.05, 4.69) is 305 Å². The molecule has 0 spiro atoms. The summed E-state index contributed by atoms with van der Waals surface area (Å²) in [6.07, 6.45) is 7.88. The number of rotatable bonds is 10. The van der Waals surface area contributed by atoms with Gasteiger partial charge in [0.05, 0.1) is 22.1 Å². The zero-order chi connectivity index (χ0) is 50.2. The van der Waals surface area contributed by atoms with Gasteiger partial charge in [0, 0.05) is 55.9 Å².